The Morgan fingerprint density at radius 1 is 1.40 bits per heavy atom. The molecule has 3 aromatic heterocycles. The molecule has 0 aliphatic carbocycles. The lowest BCUT2D eigenvalue weighted by atomic mass is 10.3. The molecule has 0 N–H and O–H groups in total. The van der Waals surface area contributed by atoms with Crippen molar-refractivity contribution in [2.24, 2.45) is 0 Å². The molecular formula is C14H13N3OS2. The van der Waals surface area contributed by atoms with Crippen LogP contribution < -0.4 is 0 Å². The highest BCUT2D eigenvalue weighted by atomic mass is 32.2. The van der Waals surface area contributed by atoms with Crippen molar-refractivity contribution in [3.05, 3.63) is 40.3 Å². The maximum Gasteiger partial charge on any atom is 0.230 e. The van der Waals surface area contributed by atoms with Crippen molar-refractivity contribution in [2.45, 2.75) is 24.8 Å². The molecule has 3 rings (SSSR count). The van der Waals surface area contributed by atoms with E-state index in [1.54, 1.807) is 22.8 Å². The lowest BCUT2D eigenvalue weighted by Gasteiger charge is -2.04. The van der Waals surface area contributed by atoms with Crippen molar-refractivity contribution in [3.63, 3.8) is 0 Å². The number of rotatable bonds is 3. The first kappa shape index (κ1) is 13.3. The highest BCUT2D eigenvalue weighted by Crippen LogP contribution is 2.28. The van der Waals surface area contributed by atoms with Gasteiger partial charge in [0.2, 0.25) is 5.91 Å². The summed E-state index contributed by atoms with van der Waals surface area (Å²) in [5, 5.41) is 4.65. The molecule has 0 fully saturated rings. The summed E-state index contributed by atoms with van der Waals surface area (Å²) in [6, 6.07) is 4.05. The van der Waals surface area contributed by atoms with Crippen LogP contribution in [0.25, 0.3) is 11.0 Å². The molecule has 3 aromatic rings. The van der Waals surface area contributed by atoms with Crippen molar-refractivity contribution < 1.29 is 4.79 Å². The first-order chi connectivity index (χ1) is 9.65. The van der Waals surface area contributed by atoms with Crippen LogP contribution in [-0.2, 0) is 5.75 Å². The Labute approximate surface area is 124 Å². The number of carbonyl (C=O) groups is 1. The largest absolute Gasteiger partial charge is 0.274 e. The number of thioether (sulfide) groups is 1. The number of aryl methyl sites for hydroxylation is 1. The summed E-state index contributed by atoms with van der Waals surface area (Å²) in [6.45, 7) is 3.58. The van der Waals surface area contributed by atoms with Gasteiger partial charge in [-0.05, 0) is 18.6 Å². The van der Waals surface area contributed by atoms with Crippen LogP contribution in [0.1, 0.15) is 23.0 Å². The molecule has 102 valence electrons. The third-order valence-electron chi connectivity index (χ3n) is 2.91. The Balaban J connectivity index is 1.87. The van der Waals surface area contributed by atoms with E-state index < -0.39 is 0 Å². The zero-order chi connectivity index (χ0) is 14.1. The monoisotopic (exact) mass is 303 g/mol. The molecule has 0 amide bonds. The highest BCUT2D eigenvalue weighted by molar-refractivity contribution is 7.98. The normalized spacial score (nSPS) is 11.1. The first-order valence-corrected chi connectivity index (χ1v) is 8.08. The summed E-state index contributed by atoms with van der Waals surface area (Å²) in [5.41, 5.74) is 3.90. The second-order valence-electron chi connectivity index (χ2n) is 4.51. The Morgan fingerprint density at radius 2 is 2.25 bits per heavy atom. The maximum absolute atomic E-state index is 11.8. The molecule has 0 unspecified atom stereocenters. The fourth-order valence-electron chi connectivity index (χ4n) is 1.91. The van der Waals surface area contributed by atoms with Crippen LogP contribution in [0.15, 0.2) is 34.2 Å². The summed E-state index contributed by atoms with van der Waals surface area (Å²) in [7, 11) is 0. The number of hydrogen-bond donors (Lipinski definition) is 0. The average Bonchev–Trinajstić information content (AvgIpc) is 2.97. The number of thiophene rings is 1. The highest BCUT2D eigenvalue weighted by Gasteiger charge is 2.15. The Kier molecular flexibility index (Phi) is 3.58. The maximum atomic E-state index is 11.8. The molecule has 0 radical (unpaired) electrons. The molecule has 0 aliphatic rings. The van der Waals surface area contributed by atoms with E-state index in [2.05, 4.69) is 9.97 Å². The van der Waals surface area contributed by atoms with Crippen molar-refractivity contribution in [1.82, 2.24) is 14.5 Å². The zero-order valence-electron chi connectivity index (χ0n) is 11.2. The van der Waals surface area contributed by atoms with Gasteiger partial charge in [0, 0.05) is 29.6 Å². The third-order valence-corrected chi connectivity index (χ3v) is 4.60. The van der Waals surface area contributed by atoms with E-state index in [1.807, 2.05) is 36.0 Å². The van der Waals surface area contributed by atoms with Crippen molar-refractivity contribution in [3.8, 4) is 0 Å². The van der Waals surface area contributed by atoms with Gasteiger partial charge in [0.05, 0.1) is 11.2 Å². The SMILES string of the molecule is CC(=O)n1c(SCc2ccc(C)cn2)nc2cscc21. The minimum Gasteiger partial charge on any atom is -0.274 e. The van der Waals surface area contributed by atoms with Crippen LogP contribution in [0.3, 0.4) is 0 Å². The molecule has 20 heavy (non-hydrogen) atoms. The number of fused-ring (bicyclic) bond motifs is 1. The van der Waals surface area contributed by atoms with E-state index in [4.69, 9.17) is 0 Å². The van der Waals surface area contributed by atoms with Gasteiger partial charge in [0.25, 0.3) is 0 Å². The quantitative estimate of drug-likeness (QED) is 0.691. The Morgan fingerprint density at radius 3 is 2.95 bits per heavy atom. The summed E-state index contributed by atoms with van der Waals surface area (Å²) in [6.07, 6.45) is 1.85. The number of hydrogen-bond acceptors (Lipinski definition) is 5. The Bertz CT molecular complexity index is 758. The molecule has 3 heterocycles. The molecule has 6 heteroatoms. The number of carbonyl (C=O) groups excluding carboxylic acids is 1. The van der Waals surface area contributed by atoms with E-state index in [1.165, 1.54) is 11.8 Å². The van der Waals surface area contributed by atoms with E-state index in [9.17, 15) is 4.79 Å². The molecule has 0 aliphatic heterocycles. The molecule has 0 atom stereocenters. The minimum atomic E-state index is -0.00901. The molecule has 0 saturated carbocycles. The van der Waals surface area contributed by atoms with Gasteiger partial charge in [0.1, 0.15) is 5.52 Å². The number of aromatic nitrogens is 3. The van der Waals surface area contributed by atoms with Gasteiger partial charge in [-0.15, -0.1) is 11.3 Å². The topological polar surface area (TPSA) is 47.8 Å². The predicted molar refractivity (Wildman–Crippen MR) is 82.4 cm³/mol. The lowest BCUT2D eigenvalue weighted by molar-refractivity contribution is 0.0931. The van der Waals surface area contributed by atoms with E-state index >= 15 is 0 Å². The van der Waals surface area contributed by atoms with Gasteiger partial charge < -0.3 is 0 Å². The van der Waals surface area contributed by atoms with Crippen molar-refractivity contribution >= 4 is 40.0 Å². The van der Waals surface area contributed by atoms with Crippen LogP contribution in [0.4, 0.5) is 0 Å². The van der Waals surface area contributed by atoms with Gasteiger partial charge in [-0.1, -0.05) is 17.8 Å². The molecule has 0 aromatic carbocycles. The number of imidazole rings is 1. The second-order valence-corrected chi connectivity index (χ2v) is 6.19. The number of nitrogens with zero attached hydrogens (tertiary/aromatic N) is 3. The predicted octanol–water partition coefficient (Wildman–Crippen LogP) is 3.75. The Hall–Kier alpha value is -1.66. The summed E-state index contributed by atoms with van der Waals surface area (Å²) in [5.74, 6) is 0.696. The van der Waals surface area contributed by atoms with Crippen LogP contribution in [-0.4, -0.2) is 20.4 Å². The van der Waals surface area contributed by atoms with Crippen LogP contribution in [0, 0.1) is 6.92 Å². The summed E-state index contributed by atoms with van der Waals surface area (Å²) in [4.78, 5) is 20.7. The third kappa shape index (κ3) is 2.48. The van der Waals surface area contributed by atoms with Crippen LogP contribution in [0.5, 0.6) is 0 Å². The van der Waals surface area contributed by atoms with Gasteiger partial charge in [-0.2, -0.15) is 0 Å². The smallest absolute Gasteiger partial charge is 0.230 e. The second kappa shape index (κ2) is 5.38. The van der Waals surface area contributed by atoms with E-state index in [0.717, 1.165) is 27.4 Å². The standard InChI is InChI=1S/C14H13N3OS2/c1-9-3-4-11(15-5-9)6-20-14-16-12-7-19-8-13(12)17(14)10(2)18/h3-5,7-8H,6H2,1-2H3. The van der Waals surface area contributed by atoms with Crippen molar-refractivity contribution in [2.75, 3.05) is 0 Å². The minimum absolute atomic E-state index is 0.00901. The van der Waals surface area contributed by atoms with Crippen LogP contribution >= 0.6 is 23.1 Å². The van der Waals surface area contributed by atoms with Crippen molar-refractivity contribution in [1.29, 1.82) is 0 Å². The molecule has 4 nitrogen and oxygen atoms in total. The fourth-order valence-corrected chi connectivity index (χ4v) is 3.61. The summed E-state index contributed by atoms with van der Waals surface area (Å²) < 4.78 is 1.67. The van der Waals surface area contributed by atoms with Crippen LogP contribution in [0.2, 0.25) is 0 Å². The molecule has 0 bridgehead atoms. The average molecular weight is 303 g/mol. The van der Waals surface area contributed by atoms with Gasteiger partial charge in [-0.3, -0.25) is 14.3 Å². The van der Waals surface area contributed by atoms with E-state index in [0.29, 0.717) is 5.75 Å². The van der Waals surface area contributed by atoms with Gasteiger partial charge in [-0.25, -0.2) is 4.98 Å². The van der Waals surface area contributed by atoms with Gasteiger partial charge in [0.15, 0.2) is 5.16 Å². The zero-order valence-corrected chi connectivity index (χ0v) is 12.8. The molecular weight excluding hydrogens is 290 g/mol. The van der Waals surface area contributed by atoms with E-state index in [-0.39, 0.29) is 5.91 Å². The fraction of sp³-hybridized carbons (Fsp3) is 0.214. The van der Waals surface area contributed by atoms with Gasteiger partial charge >= 0.3 is 0 Å². The molecule has 0 saturated heterocycles. The lowest BCUT2D eigenvalue weighted by Crippen LogP contribution is -2.06. The summed E-state index contributed by atoms with van der Waals surface area (Å²) >= 11 is 3.10. The molecule has 0 spiro atoms. The number of pyridine rings is 1. The first-order valence-electron chi connectivity index (χ1n) is 6.15.